The Bertz CT molecular complexity index is 1130. The Balaban J connectivity index is 1.85. The van der Waals surface area contributed by atoms with Crippen molar-refractivity contribution >= 4 is 35.3 Å². The quantitative estimate of drug-likeness (QED) is 0.375. The molecule has 0 spiro atoms. The number of aromatic amines is 2. The molecule has 0 saturated heterocycles. The number of nitrogens with one attached hydrogen (secondary N) is 2. The molecule has 1 heterocycles. The summed E-state index contributed by atoms with van der Waals surface area (Å²) < 4.78 is 0.196. The van der Waals surface area contributed by atoms with Crippen LogP contribution in [0.3, 0.4) is 0 Å². The molecule has 0 radical (unpaired) electrons. The van der Waals surface area contributed by atoms with E-state index in [4.69, 9.17) is 12.2 Å². The fraction of sp³-hybridized carbons (Fsp3) is 0. The lowest BCUT2D eigenvalue weighted by Crippen LogP contribution is -2.20. The molecule has 1 aliphatic carbocycles. The highest BCUT2D eigenvalue weighted by Crippen LogP contribution is 2.34. The summed E-state index contributed by atoms with van der Waals surface area (Å²) in [5.41, 5.74) is 1.44. The van der Waals surface area contributed by atoms with Gasteiger partial charge in [-0.2, -0.15) is 0 Å². The predicted octanol–water partition coefficient (Wildman–Crippen LogP) is 3.97. The van der Waals surface area contributed by atoms with Crippen molar-refractivity contribution < 1.29 is 14.7 Å². The number of ketones is 2. The average Bonchev–Trinajstić information content (AvgIpc) is 2.95. The minimum atomic E-state index is -0.286. The topological polar surface area (TPSA) is 111 Å². The Hall–Kier alpha value is -3.39. The zero-order valence-electron chi connectivity index (χ0n) is 12.6. The van der Waals surface area contributed by atoms with E-state index in [9.17, 15) is 14.7 Å². The van der Waals surface area contributed by atoms with E-state index < -0.39 is 0 Å². The number of nitrogens with zero attached hydrogens (tertiary/aromatic N) is 2. The Morgan fingerprint density at radius 3 is 2.20 bits per heavy atom. The van der Waals surface area contributed by atoms with Gasteiger partial charge in [0.15, 0.2) is 16.3 Å². The van der Waals surface area contributed by atoms with Crippen molar-refractivity contribution in [2.45, 2.75) is 0 Å². The summed E-state index contributed by atoms with van der Waals surface area (Å²) in [5.74, 6) is -0.735. The second kappa shape index (κ2) is 5.60. The van der Waals surface area contributed by atoms with Crippen molar-refractivity contribution in [3.8, 4) is 5.88 Å². The molecule has 0 unspecified atom stereocenters. The van der Waals surface area contributed by atoms with E-state index in [1.807, 2.05) is 0 Å². The largest absolute Gasteiger partial charge is 0.492 e. The van der Waals surface area contributed by atoms with Crippen LogP contribution >= 0.6 is 12.2 Å². The lowest BCUT2D eigenvalue weighted by atomic mass is 9.83. The maximum absolute atomic E-state index is 12.8. The minimum Gasteiger partial charge on any atom is -0.492 e. The van der Waals surface area contributed by atoms with Crippen LogP contribution in [0.25, 0.3) is 0 Å². The first-order valence-corrected chi connectivity index (χ1v) is 7.71. The van der Waals surface area contributed by atoms with E-state index in [-0.39, 0.29) is 44.8 Å². The molecule has 7 nitrogen and oxygen atoms in total. The zero-order valence-corrected chi connectivity index (χ0v) is 13.4. The summed E-state index contributed by atoms with van der Waals surface area (Å²) in [7, 11) is 0. The van der Waals surface area contributed by atoms with Crippen LogP contribution < -0.4 is 0 Å². The van der Waals surface area contributed by atoms with Crippen molar-refractivity contribution in [3.63, 3.8) is 0 Å². The summed E-state index contributed by atoms with van der Waals surface area (Å²) in [4.78, 5) is 30.6. The normalized spacial score (nSPS) is 13.1. The Morgan fingerprint density at radius 1 is 0.840 bits per heavy atom. The smallest absolute Gasteiger partial charge is 0.236 e. The van der Waals surface area contributed by atoms with Crippen LogP contribution in [0.4, 0.5) is 11.5 Å². The van der Waals surface area contributed by atoms with Gasteiger partial charge in [0.25, 0.3) is 0 Å². The molecule has 0 saturated carbocycles. The number of hydrogen-bond donors (Lipinski definition) is 3. The summed E-state index contributed by atoms with van der Waals surface area (Å²) in [6.07, 6.45) is 0. The monoisotopic (exact) mass is 350 g/mol. The summed E-state index contributed by atoms with van der Waals surface area (Å²) in [6, 6.07) is 11.5. The Morgan fingerprint density at radius 2 is 1.52 bits per heavy atom. The summed E-state index contributed by atoms with van der Waals surface area (Å²) in [6.45, 7) is 0. The molecule has 122 valence electrons. The van der Waals surface area contributed by atoms with Gasteiger partial charge in [-0.15, -0.1) is 10.2 Å². The third kappa shape index (κ3) is 2.39. The molecule has 0 fully saturated rings. The molecule has 0 atom stereocenters. The van der Waals surface area contributed by atoms with Crippen LogP contribution in [-0.2, 0) is 0 Å². The van der Waals surface area contributed by atoms with E-state index in [1.54, 1.807) is 42.5 Å². The van der Waals surface area contributed by atoms with Crippen molar-refractivity contribution in [3.05, 3.63) is 69.5 Å². The molecule has 8 heteroatoms. The molecule has 2 aromatic carbocycles. The third-order valence-corrected chi connectivity index (χ3v) is 4.08. The number of imidazole rings is 1. The molecule has 1 aliphatic rings. The molecule has 3 aromatic rings. The third-order valence-electron chi connectivity index (χ3n) is 3.88. The van der Waals surface area contributed by atoms with E-state index in [0.717, 1.165) is 0 Å². The maximum atomic E-state index is 12.8. The predicted molar refractivity (Wildman–Crippen MR) is 91.6 cm³/mol. The highest BCUT2D eigenvalue weighted by molar-refractivity contribution is 7.71. The van der Waals surface area contributed by atoms with Crippen LogP contribution in [0.15, 0.2) is 52.7 Å². The fourth-order valence-electron chi connectivity index (χ4n) is 2.75. The zero-order chi connectivity index (χ0) is 17.6. The van der Waals surface area contributed by atoms with Crippen molar-refractivity contribution in [2.24, 2.45) is 10.2 Å². The number of benzene rings is 2. The molecule has 25 heavy (non-hydrogen) atoms. The number of aromatic hydroxyl groups is 1. The lowest BCUT2D eigenvalue weighted by Gasteiger charge is -2.18. The minimum absolute atomic E-state index is 0.0394. The lowest BCUT2D eigenvalue weighted by molar-refractivity contribution is 0.0979. The van der Waals surface area contributed by atoms with Gasteiger partial charge >= 0.3 is 0 Å². The molecule has 4 rings (SSSR count). The number of carbonyl (C=O) groups excluding carboxylic acids is 2. The second-order valence-corrected chi connectivity index (χ2v) is 5.79. The fourth-order valence-corrected chi connectivity index (χ4v) is 2.94. The number of hydrogen-bond acceptors (Lipinski definition) is 6. The number of H-pyrrole nitrogens is 2. The van der Waals surface area contributed by atoms with Crippen molar-refractivity contribution in [1.82, 2.24) is 9.97 Å². The Labute approximate surface area is 146 Å². The van der Waals surface area contributed by atoms with Crippen LogP contribution in [0.1, 0.15) is 31.8 Å². The van der Waals surface area contributed by atoms with Gasteiger partial charge < -0.3 is 15.1 Å². The molecule has 0 aliphatic heterocycles. The van der Waals surface area contributed by atoms with Gasteiger partial charge in [0, 0.05) is 16.7 Å². The molecule has 3 N–H and O–H groups in total. The highest BCUT2D eigenvalue weighted by Gasteiger charge is 2.31. The van der Waals surface area contributed by atoms with Crippen LogP contribution in [0, 0.1) is 4.77 Å². The van der Waals surface area contributed by atoms with Gasteiger partial charge in [-0.3, -0.25) is 9.59 Å². The SMILES string of the molecule is O=C1c2ccccc2C(=O)c2c(N=Nc3[nH]c(=S)[nH]c3O)cccc21. The van der Waals surface area contributed by atoms with Crippen molar-refractivity contribution in [1.29, 1.82) is 0 Å². The molecular formula is C17H10N4O3S. The number of aromatic nitrogens is 2. The Kier molecular flexibility index (Phi) is 3.40. The van der Waals surface area contributed by atoms with Crippen molar-refractivity contribution in [2.75, 3.05) is 0 Å². The van der Waals surface area contributed by atoms with Gasteiger partial charge in [0.05, 0.1) is 11.3 Å². The first kappa shape index (κ1) is 15.2. The average molecular weight is 350 g/mol. The van der Waals surface area contributed by atoms with Gasteiger partial charge in [0.2, 0.25) is 11.7 Å². The van der Waals surface area contributed by atoms with Crippen LogP contribution in [0.5, 0.6) is 5.88 Å². The molecule has 0 bridgehead atoms. The van der Waals surface area contributed by atoms with E-state index in [1.165, 1.54) is 0 Å². The van der Waals surface area contributed by atoms with Gasteiger partial charge in [-0.25, -0.2) is 0 Å². The van der Waals surface area contributed by atoms with Crippen LogP contribution in [-0.4, -0.2) is 26.6 Å². The summed E-state index contributed by atoms with van der Waals surface area (Å²) in [5, 5.41) is 17.5. The molecule has 0 amide bonds. The number of fused-ring (bicyclic) bond motifs is 2. The highest BCUT2D eigenvalue weighted by atomic mass is 32.1. The first-order chi connectivity index (χ1) is 12.1. The van der Waals surface area contributed by atoms with Gasteiger partial charge in [0.1, 0.15) is 0 Å². The number of carbonyl (C=O) groups is 2. The summed E-state index contributed by atoms with van der Waals surface area (Å²) >= 11 is 4.85. The first-order valence-electron chi connectivity index (χ1n) is 7.30. The second-order valence-electron chi connectivity index (χ2n) is 5.38. The number of azo groups is 1. The van der Waals surface area contributed by atoms with Gasteiger partial charge in [-0.1, -0.05) is 36.4 Å². The maximum Gasteiger partial charge on any atom is 0.236 e. The number of rotatable bonds is 2. The molecular weight excluding hydrogens is 340 g/mol. The molecule has 1 aromatic heterocycles. The van der Waals surface area contributed by atoms with E-state index >= 15 is 0 Å². The van der Waals surface area contributed by atoms with E-state index in [2.05, 4.69) is 20.2 Å². The standard InChI is InChI=1S/C17H10N4O3S/c22-13-8-4-1-2-5-9(8)14(23)12-10(13)6-3-7-11(12)20-21-15-16(24)19-17(25)18-15/h1-7,24H,(H2,18,19,25). The van der Waals surface area contributed by atoms with Crippen LogP contribution in [0.2, 0.25) is 0 Å². The van der Waals surface area contributed by atoms with E-state index in [0.29, 0.717) is 11.1 Å². The van der Waals surface area contributed by atoms with Gasteiger partial charge in [-0.05, 0) is 18.3 Å².